The second kappa shape index (κ2) is 5.43. The average Bonchev–Trinajstić information content (AvgIpc) is 2.62. The first-order chi connectivity index (χ1) is 6.27. The highest BCUT2D eigenvalue weighted by Gasteiger charge is 2.07. The number of thiophene rings is 1. The van der Waals surface area contributed by atoms with Gasteiger partial charge >= 0.3 is 0 Å². The van der Waals surface area contributed by atoms with E-state index in [1.54, 1.807) is 4.88 Å². The van der Waals surface area contributed by atoms with Crippen LogP contribution in [0.1, 0.15) is 55.7 Å². The Morgan fingerprint density at radius 1 is 1.31 bits per heavy atom. The molecule has 0 radical (unpaired) electrons. The van der Waals surface area contributed by atoms with Crippen LogP contribution >= 0.6 is 11.3 Å². The SMILES string of the molecule is CCCCC(C)c1ccc(CC)s1. The van der Waals surface area contributed by atoms with Crippen molar-refractivity contribution in [3.8, 4) is 0 Å². The van der Waals surface area contributed by atoms with Crippen molar-refractivity contribution in [2.45, 2.75) is 52.4 Å². The van der Waals surface area contributed by atoms with Gasteiger partial charge in [-0.1, -0.05) is 33.6 Å². The van der Waals surface area contributed by atoms with E-state index in [2.05, 4.69) is 32.9 Å². The summed E-state index contributed by atoms with van der Waals surface area (Å²) in [5.41, 5.74) is 0. The van der Waals surface area contributed by atoms with Crippen LogP contribution in [0.3, 0.4) is 0 Å². The highest BCUT2D eigenvalue weighted by molar-refractivity contribution is 7.12. The van der Waals surface area contributed by atoms with Gasteiger partial charge in [-0.25, -0.2) is 0 Å². The van der Waals surface area contributed by atoms with Gasteiger partial charge in [0.25, 0.3) is 0 Å². The molecule has 0 N–H and O–H groups in total. The van der Waals surface area contributed by atoms with Crippen LogP contribution in [0, 0.1) is 0 Å². The molecule has 0 nitrogen and oxygen atoms in total. The minimum absolute atomic E-state index is 0.769. The molecule has 1 aromatic heterocycles. The summed E-state index contributed by atoms with van der Waals surface area (Å²) in [6.45, 7) is 6.84. The minimum Gasteiger partial charge on any atom is -0.145 e. The Labute approximate surface area is 86.0 Å². The maximum Gasteiger partial charge on any atom is 0.00763 e. The van der Waals surface area contributed by atoms with Gasteiger partial charge < -0.3 is 0 Å². The predicted octanol–water partition coefficient (Wildman–Crippen LogP) is 4.60. The molecule has 1 heteroatoms. The number of hydrogen-bond donors (Lipinski definition) is 0. The van der Waals surface area contributed by atoms with Crippen molar-refractivity contribution >= 4 is 11.3 Å². The zero-order valence-corrected chi connectivity index (χ0v) is 9.79. The zero-order valence-electron chi connectivity index (χ0n) is 8.97. The summed E-state index contributed by atoms with van der Waals surface area (Å²) in [5.74, 6) is 0.769. The second-order valence-corrected chi connectivity index (χ2v) is 4.90. The molecule has 0 spiro atoms. The molecule has 0 aliphatic rings. The molecule has 0 aliphatic heterocycles. The van der Waals surface area contributed by atoms with Gasteiger partial charge in [-0.3, -0.25) is 0 Å². The zero-order chi connectivity index (χ0) is 9.68. The lowest BCUT2D eigenvalue weighted by molar-refractivity contribution is 0.632. The van der Waals surface area contributed by atoms with Crippen molar-refractivity contribution in [3.63, 3.8) is 0 Å². The summed E-state index contributed by atoms with van der Waals surface area (Å²) >= 11 is 1.99. The predicted molar refractivity (Wildman–Crippen MR) is 61.6 cm³/mol. The average molecular weight is 196 g/mol. The summed E-state index contributed by atoms with van der Waals surface area (Å²) in [6.07, 6.45) is 5.21. The molecule has 0 saturated carbocycles. The summed E-state index contributed by atoms with van der Waals surface area (Å²) in [6, 6.07) is 4.59. The Hall–Kier alpha value is -0.300. The highest BCUT2D eigenvalue weighted by atomic mass is 32.1. The Balaban J connectivity index is 2.50. The molecule has 0 bridgehead atoms. The second-order valence-electron chi connectivity index (χ2n) is 3.70. The van der Waals surface area contributed by atoms with Crippen LogP contribution in [-0.4, -0.2) is 0 Å². The maximum atomic E-state index is 2.35. The van der Waals surface area contributed by atoms with Crippen molar-refractivity contribution in [2.24, 2.45) is 0 Å². The molecule has 13 heavy (non-hydrogen) atoms. The Kier molecular flexibility index (Phi) is 4.51. The normalized spacial score (nSPS) is 13.2. The third-order valence-electron chi connectivity index (χ3n) is 2.51. The minimum atomic E-state index is 0.769. The third kappa shape index (κ3) is 3.15. The van der Waals surface area contributed by atoms with Crippen LogP contribution < -0.4 is 0 Å². The molecule has 0 saturated heterocycles. The highest BCUT2D eigenvalue weighted by Crippen LogP contribution is 2.28. The van der Waals surface area contributed by atoms with Crippen molar-refractivity contribution < 1.29 is 0 Å². The lowest BCUT2D eigenvalue weighted by Crippen LogP contribution is -1.88. The van der Waals surface area contributed by atoms with Crippen molar-refractivity contribution in [3.05, 3.63) is 21.9 Å². The van der Waals surface area contributed by atoms with E-state index in [9.17, 15) is 0 Å². The number of rotatable bonds is 5. The van der Waals surface area contributed by atoms with Crippen LogP contribution in [0.25, 0.3) is 0 Å². The topological polar surface area (TPSA) is 0 Å². The van der Waals surface area contributed by atoms with Crippen molar-refractivity contribution in [2.75, 3.05) is 0 Å². The largest absolute Gasteiger partial charge is 0.145 e. The molecule has 1 aromatic rings. The lowest BCUT2D eigenvalue weighted by atomic mass is 10.0. The Bertz CT molecular complexity index is 237. The van der Waals surface area contributed by atoms with Gasteiger partial charge in [-0.15, -0.1) is 11.3 Å². The van der Waals surface area contributed by atoms with Crippen LogP contribution in [0.15, 0.2) is 12.1 Å². The molecule has 1 rings (SSSR count). The molecular weight excluding hydrogens is 176 g/mol. The summed E-state index contributed by atoms with van der Waals surface area (Å²) in [5, 5.41) is 0. The van der Waals surface area contributed by atoms with E-state index in [1.807, 2.05) is 11.3 Å². The standard InChI is InChI=1S/C12H20S/c1-4-6-7-10(3)12-9-8-11(5-2)13-12/h8-10H,4-7H2,1-3H3. The molecule has 74 valence electrons. The molecule has 1 unspecified atom stereocenters. The molecular formula is C12H20S. The van der Waals surface area contributed by atoms with E-state index in [1.165, 1.54) is 30.6 Å². The Morgan fingerprint density at radius 3 is 2.62 bits per heavy atom. The van der Waals surface area contributed by atoms with Gasteiger partial charge in [0.2, 0.25) is 0 Å². The van der Waals surface area contributed by atoms with Crippen molar-refractivity contribution in [1.29, 1.82) is 0 Å². The summed E-state index contributed by atoms with van der Waals surface area (Å²) in [4.78, 5) is 3.10. The molecule has 0 amide bonds. The first-order valence-corrected chi connectivity index (χ1v) is 6.18. The fraction of sp³-hybridized carbons (Fsp3) is 0.667. The number of aryl methyl sites for hydroxylation is 1. The first-order valence-electron chi connectivity index (χ1n) is 5.36. The maximum absolute atomic E-state index is 2.35. The lowest BCUT2D eigenvalue weighted by Gasteiger charge is -2.07. The van der Waals surface area contributed by atoms with Crippen LogP contribution in [-0.2, 0) is 6.42 Å². The van der Waals surface area contributed by atoms with E-state index in [-0.39, 0.29) is 0 Å². The molecule has 1 heterocycles. The van der Waals surface area contributed by atoms with Gasteiger partial charge in [0, 0.05) is 9.75 Å². The van der Waals surface area contributed by atoms with E-state index < -0.39 is 0 Å². The van der Waals surface area contributed by atoms with Crippen molar-refractivity contribution in [1.82, 2.24) is 0 Å². The number of hydrogen-bond acceptors (Lipinski definition) is 1. The third-order valence-corrected chi connectivity index (χ3v) is 3.97. The van der Waals surface area contributed by atoms with E-state index in [4.69, 9.17) is 0 Å². The Morgan fingerprint density at radius 2 is 2.08 bits per heavy atom. The molecule has 0 aliphatic carbocycles. The van der Waals surface area contributed by atoms with Gasteiger partial charge in [0.15, 0.2) is 0 Å². The van der Waals surface area contributed by atoms with Gasteiger partial charge in [-0.05, 0) is 30.9 Å². The smallest absolute Gasteiger partial charge is 0.00763 e. The fourth-order valence-electron chi connectivity index (χ4n) is 1.50. The van der Waals surface area contributed by atoms with Gasteiger partial charge in [-0.2, -0.15) is 0 Å². The fourth-order valence-corrected chi connectivity index (χ4v) is 2.54. The van der Waals surface area contributed by atoms with E-state index in [0.29, 0.717) is 0 Å². The monoisotopic (exact) mass is 196 g/mol. The molecule has 1 atom stereocenters. The van der Waals surface area contributed by atoms with Crippen LogP contribution in [0.4, 0.5) is 0 Å². The van der Waals surface area contributed by atoms with Gasteiger partial charge in [0.1, 0.15) is 0 Å². The summed E-state index contributed by atoms with van der Waals surface area (Å²) < 4.78 is 0. The quantitative estimate of drug-likeness (QED) is 0.645. The molecule has 0 fully saturated rings. The van der Waals surface area contributed by atoms with Crippen LogP contribution in [0.2, 0.25) is 0 Å². The first kappa shape index (κ1) is 10.8. The van der Waals surface area contributed by atoms with Gasteiger partial charge in [0.05, 0.1) is 0 Å². The summed E-state index contributed by atoms with van der Waals surface area (Å²) in [7, 11) is 0. The van der Waals surface area contributed by atoms with E-state index in [0.717, 1.165) is 5.92 Å². The van der Waals surface area contributed by atoms with Crippen LogP contribution in [0.5, 0.6) is 0 Å². The van der Waals surface area contributed by atoms with E-state index >= 15 is 0 Å². The molecule has 0 aromatic carbocycles. The number of unbranched alkanes of at least 4 members (excludes halogenated alkanes) is 1.